The minimum Gasteiger partial charge on any atom is -0.466 e. The first-order valence-electron chi connectivity index (χ1n) is 7.83. The summed E-state index contributed by atoms with van der Waals surface area (Å²) in [6.45, 7) is 1.66. The van der Waals surface area contributed by atoms with Crippen molar-refractivity contribution in [2.45, 2.75) is 29.8 Å². The molecule has 2 heterocycles. The second kappa shape index (κ2) is 8.01. The maximum atomic E-state index is 12.5. The van der Waals surface area contributed by atoms with Crippen LogP contribution in [0.5, 0.6) is 0 Å². The molecule has 1 fully saturated rings. The molecule has 1 amide bonds. The Balaban J connectivity index is 1.65. The van der Waals surface area contributed by atoms with Gasteiger partial charge in [0.2, 0.25) is 5.91 Å². The summed E-state index contributed by atoms with van der Waals surface area (Å²) in [7, 11) is 0. The molecule has 0 aliphatic carbocycles. The highest BCUT2D eigenvalue weighted by molar-refractivity contribution is 7.99. The first-order valence-corrected chi connectivity index (χ1v) is 10.1. The molecule has 0 spiro atoms. The van der Waals surface area contributed by atoms with Crippen molar-refractivity contribution in [3.8, 4) is 0 Å². The zero-order valence-corrected chi connectivity index (χ0v) is 15.6. The SMILES string of the molecule is CSc1ccc(COC(=O)[C@@H]2CS[C@H](c3ccco3)N2C(C)=O)cc1. The average molecular weight is 377 g/mol. The number of furan rings is 1. The standard InChI is InChI=1S/C18H19NO4S2/c1-12(20)19-15(11-25-17(19)16-4-3-9-22-16)18(21)23-10-13-5-7-14(24-2)8-6-13/h3-9,15,17H,10-11H2,1-2H3/t15-,17+/m0/s1. The predicted molar refractivity (Wildman–Crippen MR) is 98.2 cm³/mol. The molecule has 132 valence electrons. The van der Waals surface area contributed by atoms with Crippen LogP contribution in [0.25, 0.3) is 0 Å². The summed E-state index contributed by atoms with van der Waals surface area (Å²) in [4.78, 5) is 27.3. The maximum Gasteiger partial charge on any atom is 0.330 e. The Morgan fingerprint density at radius 2 is 2.08 bits per heavy atom. The predicted octanol–water partition coefficient (Wildman–Crippen LogP) is 3.71. The summed E-state index contributed by atoms with van der Waals surface area (Å²) in [5.74, 6) is 0.612. The van der Waals surface area contributed by atoms with Gasteiger partial charge in [-0.2, -0.15) is 0 Å². The third-order valence-corrected chi connectivity index (χ3v) is 5.99. The number of nitrogens with zero attached hydrogens (tertiary/aromatic N) is 1. The van der Waals surface area contributed by atoms with Gasteiger partial charge in [0, 0.05) is 17.6 Å². The zero-order chi connectivity index (χ0) is 17.8. The lowest BCUT2D eigenvalue weighted by atomic mass is 10.2. The Hall–Kier alpha value is -1.86. The fourth-order valence-corrected chi connectivity index (χ4v) is 4.52. The fraction of sp³-hybridized carbons (Fsp3) is 0.333. The molecule has 3 rings (SSSR count). The Morgan fingerprint density at radius 1 is 1.32 bits per heavy atom. The zero-order valence-electron chi connectivity index (χ0n) is 14.0. The van der Waals surface area contributed by atoms with Gasteiger partial charge in [0.1, 0.15) is 23.8 Å². The van der Waals surface area contributed by atoms with Crippen LogP contribution in [0.15, 0.2) is 52.0 Å². The average Bonchev–Trinajstić information content (AvgIpc) is 3.28. The second-order valence-electron chi connectivity index (χ2n) is 5.60. The molecule has 1 aromatic carbocycles. The third-order valence-electron chi connectivity index (χ3n) is 3.96. The van der Waals surface area contributed by atoms with Crippen molar-refractivity contribution in [3.63, 3.8) is 0 Å². The van der Waals surface area contributed by atoms with Crippen LogP contribution in [0.2, 0.25) is 0 Å². The summed E-state index contributed by atoms with van der Waals surface area (Å²) in [6, 6.07) is 10.9. The normalized spacial score (nSPS) is 19.8. The number of hydrogen-bond acceptors (Lipinski definition) is 6. The third kappa shape index (κ3) is 4.04. The number of thioether (sulfide) groups is 2. The summed E-state index contributed by atoms with van der Waals surface area (Å²) in [6.07, 6.45) is 3.58. The lowest BCUT2D eigenvalue weighted by Crippen LogP contribution is -2.42. The van der Waals surface area contributed by atoms with Crippen molar-refractivity contribution in [3.05, 3.63) is 54.0 Å². The van der Waals surface area contributed by atoms with Crippen LogP contribution in [0.4, 0.5) is 0 Å². The van der Waals surface area contributed by atoms with E-state index < -0.39 is 6.04 Å². The molecular weight excluding hydrogens is 358 g/mol. The number of esters is 1. The highest BCUT2D eigenvalue weighted by Crippen LogP contribution is 2.41. The van der Waals surface area contributed by atoms with Crippen LogP contribution in [-0.4, -0.2) is 34.8 Å². The minimum atomic E-state index is -0.594. The van der Waals surface area contributed by atoms with E-state index in [-0.39, 0.29) is 23.9 Å². The molecule has 7 heteroatoms. The van der Waals surface area contributed by atoms with Crippen LogP contribution in [-0.2, 0) is 20.9 Å². The van der Waals surface area contributed by atoms with E-state index in [1.165, 1.54) is 18.7 Å². The van der Waals surface area contributed by atoms with E-state index in [9.17, 15) is 9.59 Å². The van der Waals surface area contributed by atoms with E-state index in [0.717, 1.165) is 10.5 Å². The van der Waals surface area contributed by atoms with Gasteiger partial charge >= 0.3 is 5.97 Å². The van der Waals surface area contributed by atoms with E-state index in [1.807, 2.05) is 36.6 Å². The molecule has 1 aliphatic heterocycles. The van der Waals surface area contributed by atoms with Crippen LogP contribution >= 0.6 is 23.5 Å². The van der Waals surface area contributed by atoms with Crippen molar-refractivity contribution >= 4 is 35.4 Å². The van der Waals surface area contributed by atoms with Gasteiger partial charge in [0.25, 0.3) is 0 Å². The van der Waals surface area contributed by atoms with Gasteiger partial charge in [-0.15, -0.1) is 23.5 Å². The first kappa shape index (κ1) is 17.9. The monoisotopic (exact) mass is 377 g/mol. The summed E-state index contributed by atoms with van der Waals surface area (Å²) in [5, 5.41) is -0.286. The molecule has 0 unspecified atom stereocenters. The number of hydrogen-bond donors (Lipinski definition) is 0. The molecule has 1 aliphatic rings. The Labute approximate surface area is 155 Å². The van der Waals surface area contributed by atoms with Crippen LogP contribution < -0.4 is 0 Å². The molecule has 25 heavy (non-hydrogen) atoms. The van der Waals surface area contributed by atoms with Crippen molar-refractivity contribution in [1.82, 2.24) is 4.90 Å². The number of amides is 1. The molecule has 2 aromatic rings. The van der Waals surface area contributed by atoms with Gasteiger partial charge in [-0.05, 0) is 36.1 Å². The van der Waals surface area contributed by atoms with E-state index in [1.54, 1.807) is 29.0 Å². The van der Waals surface area contributed by atoms with Crippen LogP contribution in [0, 0.1) is 0 Å². The summed E-state index contributed by atoms with van der Waals surface area (Å²) >= 11 is 3.17. The van der Waals surface area contributed by atoms with Crippen LogP contribution in [0.3, 0.4) is 0 Å². The minimum absolute atomic E-state index is 0.169. The number of carbonyl (C=O) groups is 2. The summed E-state index contributed by atoms with van der Waals surface area (Å²) < 4.78 is 10.9. The van der Waals surface area contributed by atoms with E-state index in [4.69, 9.17) is 9.15 Å². The highest BCUT2D eigenvalue weighted by atomic mass is 32.2. The molecule has 0 bridgehead atoms. The first-order chi connectivity index (χ1) is 12.1. The van der Waals surface area contributed by atoms with Crippen molar-refractivity contribution < 1.29 is 18.7 Å². The molecular formula is C18H19NO4S2. The molecule has 1 saturated heterocycles. The van der Waals surface area contributed by atoms with Gasteiger partial charge < -0.3 is 14.1 Å². The number of ether oxygens (including phenoxy) is 1. The Bertz CT molecular complexity index is 730. The molecule has 1 aromatic heterocycles. The molecule has 2 atom stereocenters. The fourth-order valence-electron chi connectivity index (χ4n) is 2.70. The maximum absolute atomic E-state index is 12.5. The summed E-state index contributed by atoms with van der Waals surface area (Å²) in [5.41, 5.74) is 0.925. The Kier molecular flexibility index (Phi) is 5.75. The number of carbonyl (C=O) groups excluding carboxylic acids is 2. The topological polar surface area (TPSA) is 59.8 Å². The smallest absolute Gasteiger partial charge is 0.330 e. The lowest BCUT2D eigenvalue weighted by Gasteiger charge is -2.25. The lowest BCUT2D eigenvalue weighted by molar-refractivity contribution is -0.154. The van der Waals surface area contributed by atoms with Gasteiger partial charge in [0.05, 0.1) is 6.26 Å². The van der Waals surface area contributed by atoms with Gasteiger partial charge in [-0.25, -0.2) is 4.79 Å². The van der Waals surface area contributed by atoms with E-state index >= 15 is 0 Å². The Morgan fingerprint density at radius 3 is 2.68 bits per heavy atom. The number of benzene rings is 1. The molecule has 0 N–H and O–H groups in total. The number of rotatable bonds is 5. The van der Waals surface area contributed by atoms with Crippen molar-refractivity contribution in [2.75, 3.05) is 12.0 Å². The molecule has 5 nitrogen and oxygen atoms in total. The van der Waals surface area contributed by atoms with Crippen molar-refractivity contribution in [1.29, 1.82) is 0 Å². The van der Waals surface area contributed by atoms with Crippen molar-refractivity contribution in [2.24, 2.45) is 0 Å². The highest BCUT2D eigenvalue weighted by Gasteiger charge is 2.43. The molecule has 0 saturated carbocycles. The van der Waals surface area contributed by atoms with Gasteiger partial charge in [0.15, 0.2) is 0 Å². The quantitative estimate of drug-likeness (QED) is 0.585. The van der Waals surface area contributed by atoms with Crippen LogP contribution in [0.1, 0.15) is 23.6 Å². The molecule has 0 radical (unpaired) electrons. The van der Waals surface area contributed by atoms with Gasteiger partial charge in [-0.1, -0.05) is 12.1 Å². The van der Waals surface area contributed by atoms with Gasteiger partial charge in [-0.3, -0.25) is 4.79 Å². The largest absolute Gasteiger partial charge is 0.466 e. The second-order valence-corrected chi connectivity index (χ2v) is 7.59. The van der Waals surface area contributed by atoms with E-state index in [0.29, 0.717) is 11.5 Å². The van der Waals surface area contributed by atoms with E-state index in [2.05, 4.69) is 0 Å².